The fourth-order valence-corrected chi connectivity index (χ4v) is 3.55. The van der Waals surface area contributed by atoms with Gasteiger partial charge in [-0.15, -0.1) is 5.10 Å². The molecule has 3 N–H and O–H groups in total. The molecule has 0 fully saturated rings. The standard InChI is InChI=1S/C18H17Cl2N5O/c1-26-12-5-2-10(3-6-12)16-9-15(11-4-7-13(19)14(20)8-11)22-18-23-17(21)24-25(16)18/h2-8,15-16H,9H2,1H3,(H3,21,22,23,24)/t15-,16-/m0/s1. The summed E-state index contributed by atoms with van der Waals surface area (Å²) in [4.78, 5) is 4.31. The predicted molar refractivity (Wildman–Crippen MR) is 103 cm³/mol. The highest BCUT2D eigenvalue weighted by Gasteiger charge is 2.31. The number of nitrogens with two attached hydrogens (primary N) is 1. The van der Waals surface area contributed by atoms with Crippen molar-refractivity contribution in [2.24, 2.45) is 0 Å². The Balaban J connectivity index is 1.73. The van der Waals surface area contributed by atoms with Gasteiger partial charge in [0.05, 0.1) is 29.2 Å². The Kier molecular flexibility index (Phi) is 4.38. The lowest BCUT2D eigenvalue weighted by Gasteiger charge is -2.31. The molecule has 0 bridgehead atoms. The van der Waals surface area contributed by atoms with Crippen molar-refractivity contribution in [2.45, 2.75) is 18.5 Å². The van der Waals surface area contributed by atoms with Crippen molar-refractivity contribution in [1.29, 1.82) is 0 Å². The number of nitrogens with zero attached hydrogens (tertiary/aromatic N) is 3. The van der Waals surface area contributed by atoms with E-state index in [1.165, 1.54) is 0 Å². The minimum absolute atomic E-state index is 0.00738. The molecule has 2 heterocycles. The molecule has 0 radical (unpaired) electrons. The maximum absolute atomic E-state index is 6.20. The lowest BCUT2D eigenvalue weighted by Crippen LogP contribution is -2.28. The fourth-order valence-electron chi connectivity index (χ4n) is 3.25. The van der Waals surface area contributed by atoms with E-state index in [9.17, 15) is 0 Å². The molecule has 1 aliphatic rings. The third kappa shape index (κ3) is 3.06. The quantitative estimate of drug-likeness (QED) is 0.697. The van der Waals surface area contributed by atoms with Crippen LogP contribution >= 0.6 is 23.2 Å². The number of benzene rings is 2. The maximum Gasteiger partial charge on any atom is 0.241 e. The highest BCUT2D eigenvalue weighted by Crippen LogP contribution is 2.39. The van der Waals surface area contributed by atoms with Gasteiger partial charge >= 0.3 is 0 Å². The van der Waals surface area contributed by atoms with Crippen LogP contribution in [0.4, 0.5) is 11.9 Å². The number of rotatable bonds is 3. The summed E-state index contributed by atoms with van der Waals surface area (Å²) in [6.07, 6.45) is 0.764. The number of aromatic nitrogens is 3. The second-order valence-corrected chi connectivity index (χ2v) is 6.95. The topological polar surface area (TPSA) is 78.0 Å². The third-order valence-electron chi connectivity index (χ3n) is 4.55. The molecule has 4 rings (SSSR count). The van der Waals surface area contributed by atoms with Crippen LogP contribution in [0.2, 0.25) is 10.0 Å². The van der Waals surface area contributed by atoms with Crippen molar-refractivity contribution in [3.8, 4) is 5.75 Å². The Bertz CT molecular complexity index is 941. The molecule has 8 heteroatoms. The van der Waals surface area contributed by atoms with Gasteiger partial charge in [0.15, 0.2) is 0 Å². The number of fused-ring (bicyclic) bond motifs is 1. The SMILES string of the molecule is COc1ccc([C@@H]2C[C@@H](c3ccc(Cl)c(Cl)c3)Nc3nc(N)nn32)cc1. The van der Waals surface area contributed by atoms with E-state index in [1.807, 2.05) is 41.1 Å². The molecule has 134 valence electrons. The predicted octanol–water partition coefficient (Wildman–Crippen LogP) is 4.32. The van der Waals surface area contributed by atoms with Crippen LogP contribution in [0, 0.1) is 0 Å². The summed E-state index contributed by atoms with van der Waals surface area (Å²) in [7, 11) is 1.65. The molecular formula is C18H17Cl2N5O. The molecule has 2 atom stereocenters. The first kappa shape index (κ1) is 17.0. The molecule has 0 saturated heterocycles. The number of methoxy groups -OCH3 is 1. The summed E-state index contributed by atoms with van der Waals surface area (Å²) < 4.78 is 7.08. The largest absolute Gasteiger partial charge is 0.497 e. The summed E-state index contributed by atoms with van der Waals surface area (Å²) >= 11 is 12.2. The van der Waals surface area contributed by atoms with Gasteiger partial charge in [0.2, 0.25) is 11.9 Å². The monoisotopic (exact) mass is 389 g/mol. The molecule has 3 aromatic rings. The average molecular weight is 390 g/mol. The Morgan fingerprint density at radius 1 is 1.12 bits per heavy atom. The third-order valence-corrected chi connectivity index (χ3v) is 5.29. The minimum Gasteiger partial charge on any atom is -0.497 e. The van der Waals surface area contributed by atoms with Crippen LogP contribution < -0.4 is 15.8 Å². The van der Waals surface area contributed by atoms with Crippen LogP contribution in [0.3, 0.4) is 0 Å². The second kappa shape index (κ2) is 6.70. The van der Waals surface area contributed by atoms with Crippen molar-refractivity contribution in [3.63, 3.8) is 0 Å². The molecule has 0 saturated carbocycles. The number of halogens is 2. The summed E-state index contributed by atoms with van der Waals surface area (Å²) in [5.74, 6) is 1.67. The molecule has 2 aromatic carbocycles. The average Bonchev–Trinajstić information content (AvgIpc) is 3.03. The summed E-state index contributed by atoms with van der Waals surface area (Å²) in [5, 5.41) is 8.80. The van der Waals surface area contributed by atoms with E-state index in [4.69, 9.17) is 33.7 Å². The van der Waals surface area contributed by atoms with E-state index >= 15 is 0 Å². The first-order chi connectivity index (χ1) is 12.5. The Labute approximate surface area is 160 Å². The Morgan fingerprint density at radius 2 is 1.85 bits per heavy atom. The van der Waals surface area contributed by atoms with Crippen LogP contribution in [0.1, 0.15) is 29.6 Å². The summed E-state index contributed by atoms with van der Waals surface area (Å²) in [6.45, 7) is 0. The molecule has 0 amide bonds. The first-order valence-electron chi connectivity index (χ1n) is 8.12. The van der Waals surface area contributed by atoms with Gasteiger partial charge < -0.3 is 15.8 Å². The molecule has 0 aliphatic carbocycles. The van der Waals surface area contributed by atoms with Crippen LogP contribution in [-0.2, 0) is 0 Å². The van der Waals surface area contributed by atoms with Gasteiger partial charge in [-0.05, 0) is 41.8 Å². The fraction of sp³-hybridized carbons (Fsp3) is 0.222. The van der Waals surface area contributed by atoms with Gasteiger partial charge in [0.1, 0.15) is 5.75 Å². The van der Waals surface area contributed by atoms with Gasteiger partial charge in [-0.1, -0.05) is 41.4 Å². The zero-order valence-corrected chi connectivity index (χ0v) is 15.5. The van der Waals surface area contributed by atoms with Gasteiger partial charge in [0, 0.05) is 0 Å². The van der Waals surface area contributed by atoms with E-state index in [-0.39, 0.29) is 18.0 Å². The number of hydrogen-bond donors (Lipinski definition) is 2. The van der Waals surface area contributed by atoms with Gasteiger partial charge in [-0.25, -0.2) is 4.68 Å². The summed E-state index contributed by atoms with van der Waals surface area (Å²) in [6, 6.07) is 13.6. The van der Waals surface area contributed by atoms with E-state index in [2.05, 4.69) is 15.4 Å². The highest BCUT2D eigenvalue weighted by atomic mass is 35.5. The lowest BCUT2D eigenvalue weighted by atomic mass is 9.93. The van der Waals surface area contributed by atoms with E-state index in [0.717, 1.165) is 23.3 Å². The molecular weight excluding hydrogens is 373 g/mol. The summed E-state index contributed by atoms with van der Waals surface area (Å²) in [5.41, 5.74) is 7.96. The second-order valence-electron chi connectivity index (χ2n) is 6.13. The van der Waals surface area contributed by atoms with Crippen molar-refractivity contribution < 1.29 is 4.74 Å². The smallest absolute Gasteiger partial charge is 0.241 e. The van der Waals surface area contributed by atoms with Crippen molar-refractivity contribution >= 4 is 35.1 Å². The zero-order chi connectivity index (χ0) is 18.3. The molecule has 26 heavy (non-hydrogen) atoms. The number of hydrogen-bond acceptors (Lipinski definition) is 5. The Morgan fingerprint density at radius 3 is 2.54 bits per heavy atom. The molecule has 1 aromatic heterocycles. The van der Waals surface area contributed by atoms with Crippen LogP contribution in [0.15, 0.2) is 42.5 Å². The number of nitrogens with one attached hydrogen (secondary N) is 1. The first-order valence-corrected chi connectivity index (χ1v) is 8.88. The van der Waals surface area contributed by atoms with Gasteiger partial charge in [-0.2, -0.15) is 4.98 Å². The van der Waals surface area contributed by atoms with Crippen LogP contribution in [0.25, 0.3) is 0 Å². The van der Waals surface area contributed by atoms with E-state index in [1.54, 1.807) is 13.2 Å². The molecule has 0 spiro atoms. The van der Waals surface area contributed by atoms with Crippen LogP contribution in [0.5, 0.6) is 5.75 Å². The maximum atomic E-state index is 6.20. The molecule has 0 unspecified atom stereocenters. The number of anilines is 2. The number of nitrogen functional groups attached to an aromatic ring is 1. The van der Waals surface area contributed by atoms with Crippen molar-refractivity contribution in [2.75, 3.05) is 18.2 Å². The molecule has 6 nitrogen and oxygen atoms in total. The highest BCUT2D eigenvalue weighted by molar-refractivity contribution is 6.42. The number of ether oxygens (including phenoxy) is 1. The zero-order valence-electron chi connectivity index (χ0n) is 14.0. The normalized spacial score (nSPS) is 18.9. The van der Waals surface area contributed by atoms with Crippen LogP contribution in [-0.4, -0.2) is 21.9 Å². The van der Waals surface area contributed by atoms with E-state index < -0.39 is 0 Å². The van der Waals surface area contributed by atoms with E-state index in [0.29, 0.717) is 16.0 Å². The van der Waals surface area contributed by atoms with Crippen molar-refractivity contribution in [3.05, 3.63) is 63.6 Å². The Hall–Kier alpha value is -2.44. The lowest BCUT2D eigenvalue weighted by molar-refractivity contribution is 0.411. The van der Waals surface area contributed by atoms with Crippen molar-refractivity contribution in [1.82, 2.24) is 14.8 Å². The minimum atomic E-state index is -0.0126. The van der Waals surface area contributed by atoms with Gasteiger partial charge in [-0.3, -0.25) is 0 Å². The van der Waals surface area contributed by atoms with Gasteiger partial charge in [0.25, 0.3) is 0 Å². The molecule has 1 aliphatic heterocycles.